The van der Waals surface area contributed by atoms with Crippen LogP contribution in [0, 0.1) is 6.92 Å². The maximum atomic E-state index is 11.6. The van der Waals surface area contributed by atoms with Crippen LogP contribution in [0.1, 0.15) is 11.4 Å². The summed E-state index contributed by atoms with van der Waals surface area (Å²) in [5, 5.41) is 4.21. The Labute approximate surface area is 99.8 Å². The van der Waals surface area contributed by atoms with Crippen molar-refractivity contribution >= 4 is 5.97 Å². The molecule has 88 valence electrons. The molecule has 0 fully saturated rings. The summed E-state index contributed by atoms with van der Waals surface area (Å²) in [5.74, 6) is 0.263. The van der Waals surface area contributed by atoms with E-state index in [9.17, 15) is 4.79 Å². The Morgan fingerprint density at radius 2 is 2.06 bits per heavy atom. The van der Waals surface area contributed by atoms with Gasteiger partial charge in [0.2, 0.25) is 0 Å². The molecule has 4 heteroatoms. The Bertz CT molecular complexity index is 498. The average molecular weight is 230 g/mol. The summed E-state index contributed by atoms with van der Waals surface area (Å²) in [6, 6.07) is 10.9. The maximum absolute atomic E-state index is 11.6. The monoisotopic (exact) mass is 230 g/mol. The molecule has 0 aliphatic heterocycles. The van der Waals surface area contributed by atoms with Crippen molar-refractivity contribution in [3.63, 3.8) is 0 Å². The zero-order valence-electron chi connectivity index (χ0n) is 9.88. The van der Waals surface area contributed by atoms with Gasteiger partial charge in [-0.2, -0.15) is 5.10 Å². The Morgan fingerprint density at radius 1 is 1.35 bits per heavy atom. The first kappa shape index (κ1) is 11.4. The zero-order chi connectivity index (χ0) is 12.3. The predicted molar refractivity (Wildman–Crippen MR) is 63.7 cm³/mol. The molecule has 0 radical (unpaired) electrons. The summed E-state index contributed by atoms with van der Waals surface area (Å²) in [5.41, 5.74) is 1.75. The summed E-state index contributed by atoms with van der Waals surface area (Å²) in [6.07, 6.45) is 0.191. The average Bonchev–Trinajstić information content (AvgIpc) is 2.59. The quantitative estimate of drug-likeness (QED) is 0.597. The Hall–Kier alpha value is -2.10. The first-order valence-electron chi connectivity index (χ1n) is 5.40. The van der Waals surface area contributed by atoms with Gasteiger partial charge in [0, 0.05) is 12.7 Å². The molecule has 0 unspecified atom stereocenters. The summed E-state index contributed by atoms with van der Waals surface area (Å²) < 4.78 is 6.92. The molecule has 1 aromatic carbocycles. The van der Waals surface area contributed by atoms with Crippen LogP contribution in [0.15, 0.2) is 36.4 Å². The fourth-order valence-corrected chi connectivity index (χ4v) is 1.53. The lowest BCUT2D eigenvalue weighted by molar-refractivity contribution is -0.133. The highest BCUT2D eigenvalue weighted by Crippen LogP contribution is 2.10. The highest BCUT2D eigenvalue weighted by Gasteiger charge is 2.09. The number of aromatic nitrogens is 2. The van der Waals surface area contributed by atoms with Crippen LogP contribution in [-0.2, 0) is 18.3 Å². The van der Waals surface area contributed by atoms with Gasteiger partial charge in [0.25, 0.3) is 0 Å². The van der Waals surface area contributed by atoms with Crippen molar-refractivity contribution in [1.29, 1.82) is 0 Å². The van der Waals surface area contributed by atoms with Gasteiger partial charge in [0.15, 0.2) is 0 Å². The minimum atomic E-state index is -0.297. The first-order chi connectivity index (χ1) is 8.15. The number of para-hydroxylation sites is 1. The molecule has 1 aromatic heterocycles. The number of carbonyl (C=O) groups excluding carboxylic acids is 1. The fourth-order valence-electron chi connectivity index (χ4n) is 1.53. The van der Waals surface area contributed by atoms with Gasteiger partial charge >= 0.3 is 5.97 Å². The Morgan fingerprint density at radius 3 is 2.65 bits per heavy atom. The van der Waals surface area contributed by atoms with Crippen molar-refractivity contribution in [2.45, 2.75) is 13.3 Å². The summed E-state index contributed by atoms with van der Waals surface area (Å²) in [7, 11) is 1.85. The second kappa shape index (κ2) is 4.82. The van der Waals surface area contributed by atoms with Crippen molar-refractivity contribution in [3.8, 4) is 5.75 Å². The number of benzene rings is 1. The molecule has 4 nitrogen and oxygen atoms in total. The van der Waals surface area contributed by atoms with Crippen LogP contribution >= 0.6 is 0 Å². The highest BCUT2D eigenvalue weighted by molar-refractivity contribution is 5.74. The van der Waals surface area contributed by atoms with E-state index < -0.39 is 0 Å². The van der Waals surface area contributed by atoms with Gasteiger partial charge in [0.1, 0.15) is 5.75 Å². The van der Waals surface area contributed by atoms with Crippen LogP contribution < -0.4 is 4.74 Å². The minimum absolute atomic E-state index is 0.191. The van der Waals surface area contributed by atoms with Gasteiger partial charge in [-0.15, -0.1) is 0 Å². The molecule has 0 bridgehead atoms. The van der Waals surface area contributed by atoms with Gasteiger partial charge in [-0.05, 0) is 25.1 Å². The van der Waals surface area contributed by atoms with E-state index in [-0.39, 0.29) is 12.4 Å². The van der Waals surface area contributed by atoms with Crippen molar-refractivity contribution in [1.82, 2.24) is 9.78 Å². The largest absolute Gasteiger partial charge is 0.426 e. The molecule has 0 saturated heterocycles. The summed E-state index contributed by atoms with van der Waals surface area (Å²) in [6.45, 7) is 1.94. The minimum Gasteiger partial charge on any atom is -0.426 e. The van der Waals surface area contributed by atoms with E-state index in [0.717, 1.165) is 11.4 Å². The van der Waals surface area contributed by atoms with Crippen LogP contribution in [0.5, 0.6) is 5.75 Å². The molecule has 0 aliphatic rings. The molecular formula is C13H14N2O2. The number of rotatable bonds is 3. The number of nitrogens with zero attached hydrogens (tertiary/aromatic N) is 2. The molecule has 17 heavy (non-hydrogen) atoms. The molecule has 2 aromatic rings. The third kappa shape index (κ3) is 2.93. The maximum Gasteiger partial charge on any atom is 0.317 e. The van der Waals surface area contributed by atoms with Gasteiger partial charge < -0.3 is 4.74 Å². The number of aryl methyl sites for hydroxylation is 2. The van der Waals surface area contributed by atoms with Crippen molar-refractivity contribution in [2.75, 3.05) is 0 Å². The number of hydrogen-bond acceptors (Lipinski definition) is 3. The number of carbonyl (C=O) groups is 1. The highest BCUT2D eigenvalue weighted by atomic mass is 16.5. The normalized spacial score (nSPS) is 10.2. The lowest BCUT2D eigenvalue weighted by atomic mass is 10.3. The van der Waals surface area contributed by atoms with E-state index in [1.165, 1.54) is 0 Å². The van der Waals surface area contributed by atoms with Crippen LogP contribution in [0.25, 0.3) is 0 Å². The van der Waals surface area contributed by atoms with Crippen LogP contribution in [0.3, 0.4) is 0 Å². The Kier molecular flexibility index (Phi) is 3.23. The number of ether oxygens (including phenoxy) is 1. The van der Waals surface area contributed by atoms with Crippen LogP contribution in [0.2, 0.25) is 0 Å². The topological polar surface area (TPSA) is 44.1 Å². The van der Waals surface area contributed by atoms with Crippen molar-refractivity contribution in [3.05, 3.63) is 47.8 Å². The molecule has 1 heterocycles. The van der Waals surface area contributed by atoms with E-state index in [1.807, 2.05) is 38.2 Å². The third-order valence-corrected chi connectivity index (χ3v) is 2.46. The third-order valence-electron chi connectivity index (χ3n) is 2.46. The molecule has 0 atom stereocenters. The SMILES string of the molecule is Cc1cc(CC(=O)Oc2ccccc2)nn1C. The number of hydrogen-bond donors (Lipinski definition) is 0. The first-order valence-corrected chi connectivity index (χ1v) is 5.40. The molecule has 0 saturated carbocycles. The predicted octanol–water partition coefficient (Wildman–Crippen LogP) is 1.88. The molecule has 0 amide bonds. The zero-order valence-corrected chi connectivity index (χ0v) is 9.88. The standard InChI is InChI=1S/C13H14N2O2/c1-10-8-11(14-15(10)2)9-13(16)17-12-6-4-3-5-7-12/h3-8H,9H2,1-2H3. The van der Waals surface area contributed by atoms with Crippen molar-refractivity contribution < 1.29 is 9.53 Å². The second-order valence-electron chi connectivity index (χ2n) is 3.86. The second-order valence-corrected chi connectivity index (χ2v) is 3.86. The van der Waals surface area contributed by atoms with E-state index in [2.05, 4.69) is 5.10 Å². The van der Waals surface area contributed by atoms with Gasteiger partial charge in [-0.1, -0.05) is 18.2 Å². The molecule has 0 spiro atoms. The van der Waals surface area contributed by atoms with E-state index >= 15 is 0 Å². The van der Waals surface area contributed by atoms with E-state index in [0.29, 0.717) is 5.75 Å². The molecular weight excluding hydrogens is 216 g/mol. The smallest absolute Gasteiger partial charge is 0.317 e. The van der Waals surface area contributed by atoms with Gasteiger partial charge in [-0.3, -0.25) is 9.48 Å². The number of esters is 1. The van der Waals surface area contributed by atoms with Crippen LogP contribution in [0.4, 0.5) is 0 Å². The fraction of sp³-hybridized carbons (Fsp3) is 0.231. The lowest BCUT2D eigenvalue weighted by Gasteiger charge is -2.01. The van der Waals surface area contributed by atoms with Gasteiger partial charge in [0.05, 0.1) is 12.1 Å². The summed E-state index contributed by atoms with van der Waals surface area (Å²) >= 11 is 0. The van der Waals surface area contributed by atoms with Crippen LogP contribution in [-0.4, -0.2) is 15.7 Å². The van der Waals surface area contributed by atoms with E-state index in [1.54, 1.807) is 16.8 Å². The Balaban J connectivity index is 1.98. The lowest BCUT2D eigenvalue weighted by Crippen LogP contribution is -2.11. The van der Waals surface area contributed by atoms with E-state index in [4.69, 9.17) is 4.74 Å². The van der Waals surface area contributed by atoms with Gasteiger partial charge in [-0.25, -0.2) is 0 Å². The molecule has 0 aliphatic carbocycles. The molecule has 2 rings (SSSR count). The van der Waals surface area contributed by atoms with Crippen molar-refractivity contribution in [2.24, 2.45) is 7.05 Å². The summed E-state index contributed by atoms with van der Waals surface area (Å²) in [4.78, 5) is 11.6. The molecule has 0 N–H and O–H groups in total.